The molecule has 0 unspecified atom stereocenters. The minimum absolute atomic E-state index is 0.0357. The van der Waals surface area contributed by atoms with E-state index in [1.54, 1.807) is 12.1 Å². The molecule has 2 N–H and O–H groups in total. The van der Waals surface area contributed by atoms with Crippen LogP contribution in [0.2, 0.25) is 0 Å². The predicted molar refractivity (Wildman–Crippen MR) is 109 cm³/mol. The predicted octanol–water partition coefficient (Wildman–Crippen LogP) is 5.11. The molecule has 0 bridgehead atoms. The summed E-state index contributed by atoms with van der Waals surface area (Å²) >= 11 is 0. The molecule has 0 saturated heterocycles. The van der Waals surface area contributed by atoms with Gasteiger partial charge in [-0.2, -0.15) is 0 Å². The number of carboxylic acids is 1. The smallest absolute Gasteiger partial charge is 0.304 e. The van der Waals surface area contributed by atoms with Crippen LogP contribution in [0.3, 0.4) is 0 Å². The van der Waals surface area contributed by atoms with Gasteiger partial charge >= 0.3 is 5.97 Å². The van der Waals surface area contributed by atoms with Crippen molar-refractivity contribution in [3.8, 4) is 0 Å². The second kappa shape index (κ2) is 10.0. The van der Waals surface area contributed by atoms with Crippen molar-refractivity contribution >= 4 is 11.8 Å². The normalized spacial score (nSPS) is 14.5. The number of allylic oxidation sites excluding steroid dienone is 2. The van der Waals surface area contributed by atoms with Gasteiger partial charge in [0.2, 0.25) is 0 Å². The number of aliphatic carboxylic acids is 1. The van der Waals surface area contributed by atoms with Crippen LogP contribution in [-0.4, -0.2) is 22.6 Å². The molecule has 1 atom stereocenters. The average molecular weight is 382 g/mol. The number of anilines is 1. The fourth-order valence-corrected chi connectivity index (χ4v) is 3.56. The number of aromatic nitrogens is 1. The minimum Gasteiger partial charge on any atom is -0.481 e. The van der Waals surface area contributed by atoms with Gasteiger partial charge in [-0.3, -0.25) is 4.79 Å². The van der Waals surface area contributed by atoms with Gasteiger partial charge in [0.25, 0.3) is 0 Å². The lowest BCUT2D eigenvalue weighted by Gasteiger charge is -2.17. The van der Waals surface area contributed by atoms with Crippen molar-refractivity contribution in [2.75, 3.05) is 11.9 Å². The number of fused-ring (bicyclic) bond motifs is 1. The van der Waals surface area contributed by atoms with Crippen LogP contribution in [0, 0.1) is 5.82 Å². The Balaban J connectivity index is 1.47. The average Bonchev–Trinajstić information content (AvgIpc) is 2.69. The molecular formula is C23H27FN2O2. The lowest BCUT2D eigenvalue weighted by molar-refractivity contribution is -0.137. The number of hydrogen-bond donors (Lipinski definition) is 2. The summed E-state index contributed by atoms with van der Waals surface area (Å²) in [7, 11) is 0. The summed E-state index contributed by atoms with van der Waals surface area (Å²) < 4.78 is 13.4. The Morgan fingerprint density at radius 1 is 1.29 bits per heavy atom. The van der Waals surface area contributed by atoms with E-state index in [0.717, 1.165) is 50.2 Å². The van der Waals surface area contributed by atoms with Gasteiger partial charge in [0, 0.05) is 18.2 Å². The molecule has 0 aliphatic carbocycles. The molecule has 5 heteroatoms. The van der Waals surface area contributed by atoms with E-state index in [9.17, 15) is 9.18 Å². The highest BCUT2D eigenvalue weighted by Crippen LogP contribution is 2.23. The summed E-state index contributed by atoms with van der Waals surface area (Å²) in [4.78, 5) is 15.8. The van der Waals surface area contributed by atoms with Crippen molar-refractivity contribution in [3.63, 3.8) is 0 Å². The summed E-state index contributed by atoms with van der Waals surface area (Å²) in [5, 5.41) is 12.5. The number of carbonyl (C=O) groups is 1. The zero-order valence-corrected chi connectivity index (χ0v) is 16.0. The van der Waals surface area contributed by atoms with E-state index < -0.39 is 5.97 Å². The van der Waals surface area contributed by atoms with Crippen LogP contribution in [0.4, 0.5) is 10.2 Å². The van der Waals surface area contributed by atoms with Gasteiger partial charge in [0.1, 0.15) is 11.6 Å². The first-order valence-corrected chi connectivity index (χ1v) is 9.98. The number of nitrogens with zero attached hydrogens (tertiary/aromatic N) is 1. The molecule has 2 aromatic rings. The van der Waals surface area contributed by atoms with Crippen LogP contribution >= 0.6 is 0 Å². The second-order valence-corrected chi connectivity index (χ2v) is 7.27. The highest BCUT2D eigenvalue weighted by atomic mass is 19.1. The first-order valence-electron chi connectivity index (χ1n) is 9.98. The first-order chi connectivity index (χ1) is 13.6. The van der Waals surface area contributed by atoms with E-state index in [-0.39, 0.29) is 18.2 Å². The highest BCUT2D eigenvalue weighted by Gasteiger charge is 2.13. The van der Waals surface area contributed by atoms with E-state index in [0.29, 0.717) is 5.56 Å². The van der Waals surface area contributed by atoms with Crippen molar-refractivity contribution in [1.29, 1.82) is 0 Å². The fraction of sp³-hybridized carbons (Fsp3) is 0.391. The van der Waals surface area contributed by atoms with E-state index >= 15 is 0 Å². The molecular weight excluding hydrogens is 355 g/mol. The lowest BCUT2D eigenvalue weighted by atomic mass is 9.94. The lowest BCUT2D eigenvalue weighted by Crippen LogP contribution is -2.13. The Bertz CT molecular complexity index is 835. The van der Waals surface area contributed by atoms with E-state index in [2.05, 4.69) is 17.4 Å². The quantitative estimate of drug-likeness (QED) is 0.467. The van der Waals surface area contributed by atoms with Crippen molar-refractivity contribution in [3.05, 3.63) is 71.2 Å². The molecule has 1 aliphatic rings. The molecule has 0 radical (unpaired) electrons. The molecule has 1 aliphatic heterocycles. The van der Waals surface area contributed by atoms with Crippen LogP contribution in [0.5, 0.6) is 0 Å². The Morgan fingerprint density at radius 3 is 3.00 bits per heavy atom. The van der Waals surface area contributed by atoms with Crippen molar-refractivity contribution in [2.24, 2.45) is 0 Å². The number of halogens is 1. The number of unbranched alkanes of at least 4 members (excludes halogenated alkanes) is 2. The summed E-state index contributed by atoms with van der Waals surface area (Å²) in [6.07, 6.45) is 9.98. The maximum Gasteiger partial charge on any atom is 0.304 e. The number of pyridine rings is 1. The Hall–Kier alpha value is -2.69. The molecule has 4 nitrogen and oxygen atoms in total. The van der Waals surface area contributed by atoms with Gasteiger partial charge in [0.15, 0.2) is 0 Å². The van der Waals surface area contributed by atoms with E-state index in [1.165, 1.54) is 24.1 Å². The number of hydrogen-bond acceptors (Lipinski definition) is 3. The van der Waals surface area contributed by atoms with Gasteiger partial charge in [0.05, 0.1) is 6.42 Å². The number of nitrogens with one attached hydrogen (secondary N) is 1. The second-order valence-electron chi connectivity index (χ2n) is 7.27. The SMILES string of the molecule is O=C(O)C[C@H](/C=C/CCCCc1ccc2c(n1)NCCC2)c1cccc(F)c1. The summed E-state index contributed by atoms with van der Waals surface area (Å²) in [5.41, 5.74) is 3.12. The zero-order valence-electron chi connectivity index (χ0n) is 16.0. The summed E-state index contributed by atoms with van der Waals surface area (Å²) in [6.45, 7) is 0.997. The van der Waals surface area contributed by atoms with Gasteiger partial charge in [-0.1, -0.05) is 30.4 Å². The number of carboxylic acid groups (broad SMARTS) is 1. The maximum absolute atomic E-state index is 13.4. The van der Waals surface area contributed by atoms with Gasteiger partial charge in [-0.05, 0) is 67.9 Å². The van der Waals surface area contributed by atoms with Gasteiger partial charge in [-0.15, -0.1) is 0 Å². The molecule has 0 spiro atoms. The maximum atomic E-state index is 13.4. The Kier molecular flexibility index (Phi) is 7.18. The molecule has 1 aromatic carbocycles. The molecule has 1 aromatic heterocycles. The summed E-state index contributed by atoms with van der Waals surface area (Å²) in [6, 6.07) is 10.5. The van der Waals surface area contributed by atoms with Crippen molar-refractivity contribution in [1.82, 2.24) is 4.98 Å². The van der Waals surface area contributed by atoms with Crippen LogP contribution in [0.15, 0.2) is 48.6 Å². The van der Waals surface area contributed by atoms with Gasteiger partial charge < -0.3 is 10.4 Å². The van der Waals surface area contributed by atoms with Crippen LogP contribution in [0.1, 0.15) is 54.8 Å². The third kappa shape index (κ3) is 5.91. The summed E-state index contributed by atoms with van der Waals surface area (Å²) in [5.74, 6) is -0.490. The fourth-order valence-electron chi connectivity index (χ4n) is 3.56. The number of aryl methyl sites for hydroxylation is 2. The molecule has 0 fully saturated rings. The van der Waals surface area contributed by atoms with Crippen molar-refractivity contribution < 1.29 is 14.3 Å². The highest BCUT2D eigenvalue weighted by molar-refractivity contribution is 5.68. The van der Waals surface area contributed by atoms with Gasteiger partial charge in [-0.25, -0.2) is 9.37 Å². The number of rotatable bonds is 9. The standard InChI is InChI=1S/C23H27FN2O2/c24-20-10-5-8-18(15-20)19(16-22(27)28)7-3-1-2-4-11-21-13-12-17-9-6-14-25-23(17)26-21/h3,5,7-8,10,12-13,15,19H,1-2,4,6,9,11,14,16H2,(H,25,26)(H,27,28)/b7-3+/t19-/m0/s1. The van der Waals surface area contributed by atoms with Crippen molar-refractivity contribution in [2.45, 2.75) is 50.9 Å². The zero-order chi connectivity index (χ0) is 19.8. The third-order valence-corrected chi connectivity index (χ3v) is 5.05. The van der Waals surface area contributed by atoms with E-state index in [4.69, 9.17) is 10.1 Å². The molecule has 148 valence electrons. The largest absolute Gasteiger partial charge is 0.481 e. The van der Waals surface area contributed by atoms with Crippen LogP contribution in [0.25, 0.3) is 0 Å². The molecule has 0 saturated carbocycles. The molecule has 28 heavy (non-hydrogen) atoms. The third-order valence-electron chi connectivity index (χ3n) is 5.05. The molecule has 0 amide bonds. The van der Waals surface area contributed by atoms with Crippen LogP contribution in [-0.2, 0) is 17.6 Å². The first kappa shape index (κ1) is 20.1. The van der Waals surface area contributed by atoms with E-state index in [1.807, 2.05) is 12.2 Å². The molecule has 2 heterocycles. The topological polar surface area (TPSA) is 62.2 Å². The monoisotopic (exact) mass is 382 g/mol. The van der Waals surface area contributed by atoms with Crippen LogP contribution < -0.4 is 5.32 Å². The Labute approximate surface area is 165 Å². The minimum atomic E-state index is -0.883. The molecule has 3 rings (SSSR count). The number of benzene rings is 1. The Morgan fingerprint density at radius 2 is 2.18 bits per heavy atom.